The van der Waals surface area contributed by atoms with E-state index in [2.05, 4.69) is 10.3 Å². The fourth-order valence-electron chi connectivity index (χ4n) is 2.78. The first-order valence-corrected chi connectivity index (χ1v) is 7.47. The highest BCUT2D eigenvalue weighted by Gasteiger charge is 2.43. The van der Waals surface area contributed by atoms with Gasteiger partial charge in [-0.05, 0) is 30.9 Å². The number of carbonyl (C=O) groups is 2. The molecule has 1 heterocycles. The lowest BCUT2D eigenvalue weighted by molar-refractivity contribution is -0.146. The van der Waals surface area contributed by atoms with Crippen LogP contribution in [0.5, 0.6) is 0 Å². The summed E-state index contributed by atoms with van der Waals surface area (Å²) >= 11 is 11.6. The summed E-state index contributed by atoms with van der Waals surface area (Å²) < 4.78 is 0. The number of aromatic nitrogens is 1. The van der Waals surface area contributed by atoms with E-state index in [1.807, 2.05) is 6.92 Å². The number of pyridine rings is 1. The molecule has 1 aliphatic carbocycles. The number of nitrogens with one attached hydrogen (secondary N) is 1. The predicted molar refractivity (Wildman–Crippen MR) is 79.7 cm³/mol. The van der Waals surface area contributed by atoms with Crippen LogP contribution in [0.2, 0.25) is 10.3 Å². The number of halogens is 2. The summed E-state index contributed by atoms with van der Waals surface area (Å²) in [5, 5.41) is 12.3. The smallest absolute Gasteiger partial charge is 0.329 e. The monoisotopic (exact) mass is 330 g/mol. The van der Waals surface area contributed by atoms with Crippen LogP contribution in [0, 0.1) is 5.92 Å². The van der Waals surface area contributed by atoms with Gasteiger partial charge in [-0.2, -0.15) is 0 Å². The predicted octanol–water partition coefficient (Wildman–Crippen LogP) is 3.15. The van der Waals surface area contributed by atoms with Crippen molar-refractivity contribution >= 4 is 35.1 Å². The van der Waals surface area contributed by atoms with E-state index in [0.717, 1.165) is 12.8 Å². The molecule has 1 aliphatic rings. The molecule has 1 amide bonds. The normalized spacial score (nSPS) is 25.4. The highest BCUT2D eigenvalue weighted by Crippen LogP contribution is 2.33. The summed E-state index contributed by atoms with van der Waals surface area (Å²) in [4.78, 5) is 27.8. The summed E-state index contributed by atoms with van der Waals surface area (Å²) in [6.45, 7) is 1.99. The molecule has 1 aromatic rings. The van der Waals surface area contributed by atoms with Crippen molar-refractivity contribution in [1.29, 1.82) is 0 Å². The summed E-state index contributed by atoms with van der Waals surface area (Å²) in [5.41, 5.74) is -1.11. The van der Waals surface area contributed by atoms with Crippen LogP contribution in [0.1, 0.15) is 43.0 Å². The number of nitrogens with zero attached hydrogens (tertiary/aromatic N) is 1. The van der Waals surface area contributed by atoms with Crippen molar-refractivity contribution in [3.63, 3.8) is 0 Å². The molecule has 5 nitrogen and oxygen atoms in total. The standard InChI is InChI=1S/C14H16Cl2N2O3/c1-8-3-2-6-14(7-8,13(20)21)18-12(19)9-4-5-10(15)17-11(9)16/h4-5,8H,2-3,6-7H2,1H3,(H,18,19)(H,20,21). The molecule has 1 saturated carbocycles. The quantitative estimate of drug-likeness (QED) is 0.834. The Bertz CT molecular complexity index is 579. The SMILES string of the molecule is CC1CCCC(NC(=O)c2ccc(Cl)nc2Cl)(C(=O)O)C1. The molecular weight excluding hydrogens is 315 g/mol. The van der Waals surface area contributed by atoms with Gasteiger partial charge in [0.05, 0.1) is 5.56 Å². The largest absolute Gasteiger partial charge is 0.480 e. The van der Waals surface area contributed by atoms with Crippen LogP contribution in [0.15, 0.2) is 12.1 Å². The molecular formula is C14H16Cl2N2O3. The summed E-state index contributed by atoms with van der Waals surface area (Å²) in [6, 6.07) is 2.88. The van der Waals surface area contributed by atoms with Gasteiger partial charge in [0.2, 0.25) is 0 Å². The van der Waals surface area contributed by atoms with Gasteiger partial charge in [-0.15, -0.1) is 0 Å². The molecule has 7 heteroatoms. The van der Waals surface area contributed by atoms with Gasteiger partial charge in [-0.25, -0.2) is 9.78 Å². The molecule has 114 valence electrons. The molecule has 2 unspecified atom stereocenters. The van der Waals surface area contributed by atoms with Gasteiger partial charge in [0.25, 0.3) is 5.91 Å². The highest BCUT2D eigenvalue weighted by atomic mass is 35.5. The van der Waals surface area contributed by atoms with Crippen molar-refractivity contribution in [2.75, 3.05) is 0 Å². The van der Waals surface area contributed by atoms with Crippen molar-refractivity contribution in [2.45, 2.75) is 38.1 Å². The average Bonchev–Trinajstić information content (AvgIpc) is 2.38. The van der Waals surface area contributed by atoms with Gasteiger partial charge in [0.15, 0.2) is 0 Å². The van der Waals surface area contributed by atoms with E-state index in [0.29, 0.717) is 12.8 Å². The van der Waals surface area contributed by atoms with Gasteiger partial charge in [-0.3, -0.25) is 4.79 Å². The summed E-state index contributed by atoms with van der Waals surface area (Å²) in [5.74, 6) is -1.31. The zero-order chi connectivity index (χ0) is 15.6. The van der Waals surface area contributed by atoms with Crippen LogP contribution in [0.25, 0.3) is 0 Å². The second kappa shape index (κ2) is 6.20. The topological polar surface area (TPSA) is 79.3 Å². The second-order valence-corrected chi connectivity index (χ2v) is 6.26. The van der Waals surface area contributed by atoms with Crippen molar-refractivity contribution in [3.8, 4) is 0 Å². The molecule has 0 radical (unpaired) electrons. The number of rotatable bonds is 3. The van der Waals surface area contributed by atoms with Crippen LogP contribution in [-0.2, 0) is 4.79 Å². The van der Waals surface area contributed by atoms with Crippen molar-refractivity contribution in [1.82, 2.24) is 10.3 Å². The number of amides is 1. The molecule has 2 atom stereocenters. The molecule has 1 fully saturated rings. The Hall–Kier alpha value is -1.33. The fraction of sp³-hybridized carbons (Fsp3) is 0.500. The van der Waals surface area contributed by atoms with Gasteiger partial charge < -0.3 is 10.4 Å². The van der Waals surface area contributed by atoms with Gasteiger partial charge >= 0.3 is 5.97 Å². The van der Waals surface area contributed by atoms with Gasteiger partial charge in [0.1, 0.15) is 15.8 Å². The number of carboxylic acids is 1. The van der Waals surface area contributed by atoms with E-state index >= 15 is 0 Å². The van der Waals surface area contributed by atoms with E-state index in [1.54, 1.807) is 0 Å². The number of hydrogen-bond donors (Lipinski definition) is 2. The first-order valence-electron chi connectivity index (χ1n) is 6.72. The molecule has 0 aromatic carbocycles. The number of carboxylic acid groups (broad SMARTS) is 1. The third-order valence-electron chi connectivity index (χ3n) is 3.82. The van der Waals surface area contributed by atoms with Crippen molar-refractivity contribution in [2.24, 2.45) is 5.92 Å². The summed E-state index contributed by atoms with van der Waals surface area (Å²) in [7, 11) is 0. The van der Waals surface area contributed by atoms with Crippen molar-refractivity contribution < 1.29 is 14.7 Å². The van der Waals surface area contributed by atoms with Crippen LogP contribution < -0.4 is 5.32 Å². The molecule has 1 aromatic heterocycles. The second-order valence-electron chi connectivity index (χ2n) is 5.52. The number of aliphatic carboxylic acids is 1. The average molecular weight is 331 g/mol. The first kappa shape index (κ1) is 16.0. The fourth-order valence-corrected chi connectivity index (χ4v) is 3.21. The minimum Gasteiger partial charge on any atom is -0.480 e. The van der Waals surface area contributed by atoms with Gasteiger partial charge in [-0.1, -0.05) is 43.0 Å². The van der Waals surface area contributed by atoms with E-state index < -0.39 is 17.4 Å². The van der Waals surface area contributed by atoms with Crippen LogP contribution in [0.3, 0.4) is 0 Å². The third kappa shape index (κ3) is 3.47. The van der Waals surface area contributed by atoms with Crippen LogP contribution >= 0.6 is 23.2 Å². The van der Waals surface area contributed by atoms with E-state index in [4.69, 9.17) is 23.2 Å². The first-order chi connectivity index (χ1) is 9.84. The van der Waals surface area contributed by atoms with Crippen LogP contribution in [-0.4, -0.2) is 27.5 Å². The van der Waals surface area contributed by atoms with Crippen molar-refractivity contribution in [3.05, 3.63) is 28.0 Å². The molecule has 0 aliphatic heterocycles. The Morgan fingerprint density at radius 2 is 2.14 bits per heavy atom. The number of carbonyl (C=O) groups excluding carboxylic acids is 1. The maximum Gasteiger partial charge on any atom is 0.329 e. The Kier molecular flexibility index (Phi) is 4.74. The minimum atomic E-state index is -1.24. The van der Waals surface area contributed by atoms with Gasteiger partial charge in [0, 0.05) is 0 Å². The molecule has 0 spiro atoms. The molecule has 2 rings (SSSR count). The van der Waals surface area contributed by atoms with E-state index in [-0.39, 0.29) is 21.8 Å². The van der Waals surface area contributed by atoms with Crippen LogP contribution in [0.4, 0.5) is 0 Å². The Labute approximate surface area is 132 Å². The third-order valence-corrected chi connectivity index (χ3v) is 4.32. The Balaban J connectivity index is 2.24. The highest BCUT2D eigenvalue weighted by molar-refractivity contribution is 6.34. The molecule has 0 bridgehead atoms. The molecule has 0 saturated heterocycles. The minimum absolute atomic E-state index is 0.0376. The lowest BCUT2D eigenvalue weighted by Crippen LogP contribution is -2.56. The molecule has 2 N–H and O–H groups in total. The van der Waals surface area contributed by atoms with E-state index in [1.165, 1.54) is 12.1 Å². The Morgan fingerprint density at radius 1 is 1.43 bits per heavy atom. The maximum absolute atomic E-state index is 12.3. The maximum atomic E-state index is 12.3. The molecule has 21 heavy (non-hydrogen) atoms. The summed E-state index contributed by atoms with van der Waals surface area (Å²) in [6.07, 6.45) is 2.55. The lowest BCUT2D eigenvalue weighted by Gasteiger charge is -2.37. The number of hydrogen-bond acceptors (Lipinski definition) is 3. The van der Waals surface area contributed by atoms with E-state index in [9.17, 15) is 14.7 Å². The Morgan fingerprint density at radius 3 is 2.71 bits per heavy atom. The lowest BCUT2D eigenvalue weighted by atomic mass is 9.76. The zero-order valence-electron chi connectivity index (χ0n) is 11.5. The zero-order valence-corrected chi connectivity index (χ0v) is 13.0.